The van der Waals surface area contributed by atoms with E-state index in [0.29, 0.717) is 17.9 Å². The Bertz CT molecular complexity index is 2330. The molecule has 0 bridgehead atoms. The van der Waals surface area contributed by atoms with Crippen LogP contribution in [0.3, 0.4) is 0 Å². The Kier molecular flexibility index (Phi) is 12.3. The molecule has 0 aliphatic heterocycles. The molecule has 5 rings (SSSR count). The van der Waals surface area contributed by atoms with E-state index < -0.39 is 70.8 Å². The molecule has 270 valence electrons. The number of aromatic amines is 1. The first-order chi connectivity index (χ1) is 23.6. The summed E-state index contributed by atoms with van der Waals surface area (Å²) in [6.07, 6.45) is -4.47. The monoisotopic (exact) mass is 752 g/mol. The number of hydrogen-bond donors (Lipinski definition) is 6. The van der Waals surface area contributed by atoms with E-state index in [-0.39, 0.29) is 16.6 Å². The van der Waals surface area contributed by atoms with Gasteiger partial charge in [-0.2, -0.15) is 30.0 Å². The van der Waals surface area contributed by atoms with E-state index in [2.05, 4.69) is 4.98 Å². The highest BCUT2D eigenvalue weighted by Gasteiger charge is 2.31. The minimum atomic E-state index is -4.62. The topological polar surface area (TPSA) is 251 Å². The number of benzene rings is 4. The summed E-state index contributed by atoms with van der Waals surface area (Å²) in [7, 11) is -9.15. The number of rotatable bonds is 7. The summed E-state index contributed by atoms with van der Waals surface area (Å²) in [5.41, 5.74) is 4.70. The Morgan fingerprint density at radius 2 is 1.41 bits per heavy atom. The summed E-state index contributed by atoms with van der Waals surface area (Å²) in [6, 6.07) is 22.3. The lowest BCUT2D eigenvalue weighted by Gasteiger charge is -2.10. The highest BCUT2D eigenvalue weighted by atomic mass is 32.2. The summed E-state index contributed by atoms with van der Waals surface area (Å²) in [5.74, 6) is -1.90. The first-order valence-electron chi connectivity index (χ1n) is 13.9. The summed E-state index contributed by atoms with van der Waals surface area (Å²) in [4.78, 5) is 34.1. The molecular weight excluding hydrogens is 725 g/mol. The van der Waals surface area contributed by atoms with Crippen LogP contribution in [0.5, 0.6) is 5.75 Å². The lowest BCUT2D eigenvalue weighted by Crippen LogP contribution is -2.22. The number of hydrogen-bond acceptors (Lipinski definition) is 9. The third-order valence-corrected chi connectivity index (χ3v) is 8.38. The Labute approximate surface area is 287 Å². The fourth-order valence-electron chi connectivity index (χ4n) is 4.06. The number of anilines is 1. The second-order valence-corrected chi connectivity index (χ2v) is 13.0. The van der Waals surface area contributed by atoms with Crippen LogP contribution in [0.15, 0.2) is 112 Å². The van der Waals surface area contributed by atoms with Crippen molar-refractivity contribution >= 4 is 48.8 Å². The lowest BCUT2D eigenvalue weighted by molar-refractivity contribution is -0.144. The van der Waals surface area contributed by atoms with Crippen LogP contribution < -0.4 is 15.9 Å². The molecular formula is C32H27F3N2O12S2. The number of aromatic nitrogens is 1. The van der Waals surface area contributed by atoms with Crippen molar-refractivity contribution in [3.8, 4) is 16.9 Å². The van der Waals surface area contributed by atoms with E-state index in [1.54, 1.807) is 12.1 Å². The fraction of sp³-hybridized carbons (Fsp3) is 0.0938. The number of nitrogens with one attached hydrogen (secondary N) is 1. The van der Waals surface area contributed by atoms with Crippen LogP contribution in [-0.2, 0) is 31.2 Å². The van der Waals surface area contributed by atoms with Gasteiger partial charge in [-0.15, -0.1) is 0 Å². The predicted octanol–water partition coefficient (Wildman–Crippen LogP) is 5.21. The van der Waals surface area contributed by atoms with Crippen LogP contribution in [0.25, 0.3) is 22.0 Å². The average Bonchev–Trinajstić information content (AvgIpc) is 3.04. The first kappa shape index (κ1) is 39.7. The number of nitrogens with two attached hydrogens (primary N) is 1. The van der Waals surface area contributed by atoms with Crippen molar-refractivity contribution in [3.05, 3.63) is 119 Å². The largest absolute Gasteiger partial charge is 0.479 e. The number of aromatic carboxylic acids is 1. The average molecular weight is 753 g/mol. The van der Waals surface area contributed by atoms with Gasteiger partial charge < -0.3 is 25.7 Å². The number of aliphatic carboxylic acids is 1. The molecule has 0 saturated heterocycles. The maximum atomic E-state index is 12.5. The van der Waals surface area contributed by atoms with Gasteiger partial charge in [0.25, 0.3) is 20.2 Å². The minimum absolute atomic E-state index is 0.151. The van der Waals surface area contributed by atoms with Crippen LogP contribution in [0.1, 0.15) is 22.8 Å². The smallest absolute Gasteiger partial charge is 0.416 e. The van der Waals surface area contributed by atoms with Crippen LogP contribution in [-0.4, -0.2) is 59.2 Å². The van der Waals surface area contributed by atoms with Gasteiger partial charge in [0.05, 0.1) is 16.1 Å². The number of carboxylic acid groups (broad SMARTS) is 2. The molecule has 1 heterocycles. The highest BCUT2D eigenvalue weighted by molar-refractivity contribution is 7.86. The van der Waals surface area contributed by atoms with Crippen molar-refractivity contribution in [2.75, 3.05) is 5.73 Å². The fourth-order valence-corrected chi connectivity index (χ4v) is 5.29. The molecule has 1 aromatic heterocycles. The predicted molar refractivity (Wildman–Crippen MR) is 177 cm³/mol. The molecule has 0 radical (unpaired) electrons. The van der Waals surface area contributed by atoms with E-state index in [0.717, 1.165) is 41.6 Å². The summed E-state index contributed by atoms with van der Waals surface area (Å²) in [6.45, 7) is 1.51. The maximum Gasteiger partial charge on any atom is 0.416 e. The molecule has 14 nitrogen and oxygen atoms in total. The lowest BCUT2D eigenvalue weighted by atomic mass is 10.1. The molecule has 7 N–H and O–H groups in total. The van der Waals surface area contributed by atoms with Crippen LogP contribution in [0.4, 0.5) is 18.9 Å². The molecule has 0 spiro atoms. The van der Waals surface area contributed by atoms with Crippen LogP contribution in [0, 0.1) is 0 Å². The molecule has 0 saturated carbocycles. The van der Waals surface area contributed by atoms with E-state index >= 15 is 0 Å². The minimum Gasteiger partial charge on any atom is -0.479 e. The van der Waals surface area contributed by atoms with Gasteiger partial charge in [0.15, 0.2) is 6.10 Å². The van der Waals surface area contributed by atoms with Crippen LogP contribution >= 0.6 is 0 Å². The highest BCUT2D eigenvalue weighted by Crippen LogP contribution is 2.30. The number of nitrogen functional groups attached to an aromatic ring is 1. The van der Waals surface area contributed by atoms with Gasteiger partial charge in [-0.25, -0.2) is 9.59 Å². The zero-order valence-electron chi connectivity index (χ0n) is 25.9. The molecule has 1 unspecified atom stereocenters. The van der Waals surface area contributed by atoms with Crippen molar-refractivity contribution in [2.24, 2.45) is 0 Å². The summed E-state index contributed by atoms with van der Waals surface area (Å²) < 4.78 is 103. The van der Waals surface area contributed by atoms with Gasteiger partial charge >= 0.3 is 18.1 Å². The van der Waals surface area contributed by atoms with Gasteiger partial charge in [-0.05, 0) is 66.6 Å². The number of fused-ring (bicyclic) bond motifs is 1. The van der Waals surface area contributed by atoms with E-state index in [9.17, 15) is 44.4 Å². The second-order valence-electron chi connectivity index (χ2n) is 10.2. The molecule has 1 atom stereocenters. The molecule has 0 amide bonds. The van der Waals surface area contributed by atoms with Crippen LogP contribution in [0.2, 0.25) is 0 Å². The summed E-state index contributed by atoms with van der Waals surface area (Å²) in [5, 5.41) is 17.2. The molecule has 0 aliphatic carbocycles. The Morgan fingerprint density at radius 1 is 0.824 bits per heavy atom. The number of pyridine rings is 1. The number of H-pyrrole nitrogens is 1. The number of carboxylic acids is 2. The Morgan fingerprint density at radius 3 is 1.92 bits per heavy atom. The van der Waals surface area contributed by atoms with E-state index in [1.165, 1.54) is 6.92 Å². The number of carbonyl (C=O) groups is 2. The van der Waals surface area contributed by atoms with Crippen molar-refractivity contribution in [2.45, 2.75) is 29.0 Å². The van der Waals surface area contributed by atoms with Gasteiger partial charge in [0.1, 0.15) is 16.2 Å². The quantitative estimate of drug-likeness (QED) is 0.0923. The van der Waals surface area contributed by atoms with Crippen molar-refractivity contribution in [1.82, 2.24) is 4.98 Å². The zero-order chi connectivity index (χ0) is 38.3. The third kappa shape index (κ3) is 10.9. The SMILES string of the molecule is CC(Oc1ccc(-c2ccccc2)cc1)C(=O)O.Nc1ccc(S(=O)(=O)O)cc1S(=O)(=O)O.O=C(O)c1c[nH]c2ccc(C(F)(F)F)cc2c1=O. The Hall–Kier alpha value is -5.76. The first-order valence-corrected chi connectivity index (χ1v) is 16.8. The molecule has 0 aliphatic rings. The van der Waals surface area contributed by atoms with E-state index in [4.69, 9.17) is 29.8 Å². The second kappa shape index (κ2) is 15.9. The maximum absolute atomic E-state index is 12.5. The van der Waals surface area contributed by atoms with Gasteiger partial charge in [0, 0.05) is 17.1 Å². The molecule has 51 heavy (non-hydrogen) atoms. The standard InChI is InChI=1S/C15H14O3.C11H6F3NO3.C6H7NO6S2/c1-11(15(16)17)18-14-9-7-13(8-10-14)12-5-3-2-4-6-12;12-11(13,14)5-1-2-8-6(3-5)9(16)7(4-15-8)10(17)18;7-5-2-1-4(14(8,9)10)3-6(5)15(11,12)13/h2-11H,1H3,(H,16,17);1-4H,(H,15,16)(H,17,18);1-3H,7H2,(H,8,9,10)(H,11,12,13). The summed E-state index contributed by atoms with van der Waals surface area (Å²) >= 11 is 0. The normalized spacial score (nSPS) is 12.0. The third-order valence-electron chi connectivity index (χ3n) is 6.62. The van der Waals surface area contributed by atoms with Gasteiger partial charge in [0.2, 0.25) is 5.43 Å². The number of alkyl halides is 3. The Balaban J connectivity index is 0.000000208. The molecule has 4 aromatic carbocycles. The van der Waals surface area contributed by atoms with Crippen molar-refractivity contribution in [1.29, 1.82) is 0 Å². The van der Waals surface area contributed by atoms with Crippen molar-refractivity contribution < 1.29 is 63.7 Å². The number of halogens is 3. The number of ether oxygens (including phenoxy) is 1. The van der Waals surface area contributed by atoms with Gasteiger partial charge in [-0.3, -0.25) is 13.9 Å². The van der Waals surface area contributed by atoms with Gasteiger partial charge in [-0.1, -0.05) is 42.5 Å². The molecule has 19 heteroatoms. The molecule has 5 aromatic rings. The zero-order valence-corrected chi connectivity index (χ0v) is 27.5. The molecule has 0 fully saturated rings. The van der Waals surface area contributed by atoms with Crippen molar-refractivity contribution in [3.63, 3.8) is 0 Å². The van der Waals surface area contributed by atoms with E-state index in [1.807, 2.05) is 42.5 Å².